The highest BCUT2D eigenvalue weighted by Gasteiger charge is 2.10. The van der Waals surface area contributed by atoms with Gasteiger partial charge < -0.3 is 5.11 Å². The van der Waals surface area contributed by atoms with E-state index in [9.17, 15) is 9.90 Å². The standard InChI is InChI=1S/C21H22N4O2/c1-14(2)11-15-3-7-17(8-4-15)19-12-20(24-23-19)21(27)25-22-13-16-5-9-18(26)10-6-16/h3-10,12-14,26H,11H2,1-2H3,(H,23,24)(H,25,27). The molecule has 0 aliphatic carbocycles. The molecule has 0 unspecified atom stereocenters. The summed E-state index contributed by atoms with van der Waals surface area (Å²) in [7, 11) is 0. The van der Waals surface area contributed by atoms with E-state index < -0.39 is 0 Å². The van der Waals surface area contributed by atoms with Crippen LogP contribution in [-0.2, 0) is 6.42 Å². The predicted octanol–water partition coefficient (Wildman–Crippen LogP) is 3.74. The van der Waals surface area contributed by atoms with E-state index in [1.807, 2.05) is 12.1 Å². The van der Waals surface area contributed by atoms with E-state index in [-0.39, 0.29) is 11.7 Å². The van der Waals surface area contributed by atoms with Crippen LogP contribution in [0.25, 0.3) is 11.3 Å². The maximum atomic E-state index is 12.2. The second-order valence-corrected chi connectivity index (χ2v) is 6.75. The Morgan fingerprint density at radius 2 is 1.89 bits per heavy atom. The summed E-state index contributed by atoms with van der Waals surface area (Å²) in [5, 5.41) is 20.1. The van der Waals surface area contributed by atoms with Crippen molar-refractivity contribution in [2.75, 3.05) is 0 Å². The normalized spacial score (nSPS) is 11.2. The molecule has 0 spiro atoms. The van der Waals surface area contributed by atoms with Gasteiger partial charge in [0.1, 0.15) is 11.4 Å². The summed E-state index contributed by atoms with van der Waals surface area (Å²) in [6.07, 6.45) is 2.54. The maximum Gasteiger partial charge on any atom is 0.289 e. The van der Waals surface area contributed by atoms with Crippen LogP contribution in [0, 0.1) is 5.92 Å². The van der Waals surface area contributed by atoms with Crippen LogP contribution in [0.1, 0.15) is 35.5 Å². The van der Waals surface area contributed by atoms with Crippen molar-refractivity contribution in [3.63, 3.8) is 0 Å². The summed E-state index contributed by atoms with van der Waals surface area (Å²) in [6.45, 7) is 4.38. The third-order valence-corrected chi connectivity index (χ3v) is 3.99. The van der Waals surface area contributed by atoms with Gasteiger partial charge in [0.15, 0.2) is 0 Å². The first-order valence-electron chi connectivity index (χ1n) is 8.78. The fourth-order valence-corrected chi connectivity index (χ4v) is 2.65. The predicted molar refractivity (Wildman–Crippen MR) is 106 cm³/mol. The van der Waals surface area contributed by atoms with Gasteiger partial charge in [-0.05, 0) is 53.8 Å². The molecule has 2 aromatic carbocycles. The molecule has 6 nitrogen and oxygen atoms in total. The molecule has 1 aromatic heterocycles. The molecule has 0 atom stereocenters. The van der Waals surface area contributed by atoms with Gasteiger partial charge in [0.05, 0.1) is 11.9 Å². The van der Waals surface area contributed by atoms with Gasteiger partial charge in [-0.3, -0.25) is 9.89 Å². The molecule has 138 valence electrons. The zero-order valence-electron chi connectivity index (χ0n) is 15.3. The molecule has 0 fully saturated rings. The minimum absolute atomic E-state index is 0.179. The molecule has 0 bridgehead atoms. The van der Waals surface area contributed by atoms with Crippen molar-refractivity contribution in [2.45, 2.75) is 20.3 Å². The first kappa shape index (κ1) is 18.4. The number of H-pyrrole nitrogens is 1. The topological polar surface area (TPSA) is 90.4 Å². The van der Waals surface area contributed by atoms with Crippen LogP contribution < -0.4 is 5.43 Å². The molecule has 0 aliphatic heterocycles. The number of phenols is 1. The average molecular weight is 362 g/mol. The summed E-state index contributed by atoms with van der Waals surface area (Å²) >= 11 is 0. The van der Waals surface area contributed by atoms with Gasteiger partial charge in [-0.2, -0.15) is 10.2 Å². The van der Waals surface area contributed by atoms with Gasteiger partial charge in [0.25, 0.3) is 5.91 Å². The van der Waals surface area contributed by atoms with Crippen LogP contribution in [0.15, 0.2) is 59.7 Å². The Labute approximate surface area is 158 Å². The number of aromatic nitrogens is 2. The van der Waals surface area contributed by atoms with E-state index in [4.69, 9.17) is 0 Å². The largest absolute Gasteiger partial charge is 0.508 e. The quantitative estimate of drug-likeness (QED) is 0.461. The van der Waals surface area contributed by atoms with Crippen molar-refractivity contribution in [2.24, 2.45) is 11.0 Å². The smallest absolute Gasteiger partial charge is 0.289 e. The number of nitrogens with one attached hydrogen (secondary N) is 2. The van der Waals surface area contributed by atoms with E-state index in [2.05, 4.69) is 46.7 Å². The number of hydrazone groups is 1. The number of nitrogens with zero attached hydrogens (tertiary/aromatic N) is 2. The summed E-state index contributed by atoms with van der Waals surface area (Å²) < 4.78 is 0. The molecule has 3 aromatic rings. The SMILES string of the molecule is CC(C)Cc1ccc(-c2cc(C(=O)NN=Cc3ccc(O)cc3)[nH]n2)cc1. The lowest BCUT2D eigenvalue weighted by molar-refractivity contribution is 0.0950. The molecular weight excluding hydrogens is 340 g/mol. The molecule has 0 saturated heterocycles. The Hall–Kier alpha value is -3.41. The third kappa shape index (κ3) is 5.04. The number of amides is 1. The number of carbonyl (C=O) groups is 1. The molecule has 0 radical (unpaired) electrons. The van der Waals surface area contributed by atoms with E-state index in [1.165, 1.54) is 11.8 Å². The maximum absolute atomic E-state index is 12.2. The Kier molecular flexibility index (Phi) is 5.66. The Balaban J connectivity index is 1.62. The van der Waals surface area contributed by atoms with Crippen LogP contribution in [0.5, 0.6) is 5.75 Å². The number of benzene rings is 2. The fourth-order valence-electron chi connectivity index (χ4n) is 2.65. The number of carbonyl (C=O) groups excluding carboxylic acids is 1. The number of hydrogen-bond acceptors (Lipinski definition) is 4. The van der Waals surface area contributed by atoms with E-state index in [0.29, 0.717) is 17.3 Å². The molecule has 0 aliphatic rings. The first-order chi connectivity index (χ1) is 13.0. The Morgan fingerprint density at radius 1 is 1.19 bits per heavy atom. The van der Waals surface area contributed by atoms with Gasteiger partial charge in [0.2, 0.25) is 0 Å². The molecule has 1 heterocycles. The lowest BCUT2D eigenvalue weighted by Crippen LogP contribution is -2.17. The van der Waals surface area contributed by atoms with Gasteiger partial charge in [-0.15, -0.1) is 0 Å². The number of phenolic OH excluding ortho intramolecular Hbond substituents is 1. The van der Waals surface area contributed by atoms with Gasteiger partial charge in [-0.25, -0.2) is 5.43 Å². The summed E-state index contributed by atoms with van der Waals surface area (Å²) in [6, 6.07) is 16.4. The highest BCUT2D eigenvalue weighted by molar-refractivity contribution is 5.94. The van der Waals surface area contributed by atoms with Crippen molar-refractivity contribution < 1.29 is 9.90 Å². The number of hydrogen-bond donors (Lipinski definition) is 3. The lowest BCUT2D eigenvalue weighted by Gasteiger charge is -2.05. The van der Waals surface area contributed by atoms with Crippen LogP contribution >= 0.6 is 0 Å². The van der Waals surface area contributed by atoms with Gasteiger partial charge in [-0.1, -0.05) is 38.1 Å². The van der Waals surface area contributed by atoms with Gasteiger partial charge in [0, 0.05) is 5.56 Å². The van der Waals surface area contributed by atoms with Crippen LogP contribution in [0.3, 0.4) is 0 Å². The number of aromatic amines is 1. The summed E-state index contributed by atoms with van der Waals surface area (Å²) in [5.74, 6) is 0.414. The zero-order chi connectivity index (χ0) is 19.2. The second kappa shape index (κ2) is 8.31. The van der Waals surface area contributed by atoms with Gasteiger partial charge >= 0.3 is 0 Å². The molecule has 3 N–H and O–H groups in total. The lowest BCUT2D eigenvalue weighted by atomic mass is 10.0. The Bertz CT molecular complexity index is 926. The monoisotopic (exact) mass is 362 g/mol. The van der Waals surface area contributed by atoms with Crippen LogP contribution in [0.2, 0.25) is 0 Å². The highest BCUT2D eigenvalue weighted by atomic mass is 16.3. The van der Waals surface area contributed by atoms with E-state index in [1.54, 1.807) is 30.3 Å². The average Bonchev–Trinajstić information content (AvgIpc) is 3.14. The molecule has 0 saturated carbocycles. The second-order valence-electron chi connectivity index (χ2n) is 6.75. The third-order valence-electron chi connectivity index (χ3n) is 3.99. The van der Waals surface area contributed by atoms with Crippen LogP contribution in [0.4, 0.5) is 0 Å². The van der Waals surface area contributed by atoms with Crippen molar-refractivity contribution in [1.29, 1.82) is 0 Å². The summed E-state index contributed by atoms with van der Waals surface area (Å²) in [4.78, 5) is 12.2. The van der Waals surface area contributed by atoms with E-state index >= 15 is 0 Å². The highest BCUT2D eigenvalue weighted by Crippen LogP contribution is 2.19. The fraction of sp³-hybridized carbons (Fsp3) is 0.190. The van der Waals surface area contributed by atoms with Crippen molar-refractivity contribution in [3.8, 4) is 17.0 Å². The summed E-state index contributed by atoms with van der Waals surface area (Å²) in [5.41, 5.74) is 6.49. The van der Waals surface area contributed by atoms with Crippen molar-refractivity contribution in [1.82, 2.24) is 15.6 Å². The molecular formula is C21H22N4O2. The number of aromatic hydroxyl groups is 1. The van der Waals surface area contributed by atoms with Crippen molar-refractivity contribution in [3.05, 3.63) is 71.4 Å². The van der Waals surface area contributed by atoms with E-state index in [0.717, 1.165) is 17.5 Å². The minimum atomic E-state index is -0.375. The van der Waals surface area contributed by atoms with Crippen LogP contribution in [-0.4, -0.2) is 27.4 Å². The van der Waals surface area contributed by atoms with Crippen molar-refractivity contribution >= 4 is 12.1 Å². The molecule has 6 heteroatoms. The molecule has 1 amide bonds. The Morgan fingerprint density at radius 3 is 2.56 bits per heavy atom. The zero-order valence-corrected chi connectivity index (χ0v) is 15.3. The number of rotatable bonds is 6. The minimum Gasteiger partial charge on any atom is -0.508 e. The molecule has 27 heavy (non-hydrogen) atoms. The first-order valence-corrected chi connectivity index (χ1v) is 8.78. The molecule has 3 rings (SSSR count).